The van der Waals surface area contributed by atoms with E-state index in [9.17, 15) is 9.90 Å². The van der Waals surface area contributed by atoms with Gasteiger partial charge in [0.05, 0.1) is 11.8 Å². The second kappa shape index (κ2) is 6.13. The highest BCUT2D eigenvalue weighted by atomic mass is 16.5. The third-order valence-corrected chi connectivity index (χ3v) is 4.51. The Morgan fingerprint density at radius 3 is 2.81 bits per heavy atom. The molecule has 0 amide bonds. The molecule has 1 aromatic heterocycles. The molecule has 3 rings (SSSR count). The average Bonchev–Trinajstić information content (AvgIpc) is 3.21. The van der Waals surface area contributed by atoms with Gasteiger partial charge in [-0.3, -0.25) is 4.79 Å². The van der Waals surface area contributed by atoms with Gasteiger partial charge in [-0.1, -0.05) is 18.0 Å². The van der Waals surface area contributed by atoms with Crippen LogP contribution in [0.25, 0.3) is 0 Å². The normalized spacial score (nSPS) is 27.5. The molecule has 6 heteroatoms. The fraction of sp³-hybridized carbons (Fsp3) is 0.800. The van der Waals surface area contributed by atoms with Crippen LogP contribution in [0, 0.1) is 11.8 Å². The van der Waals surface area contributed by atoms with Gasteiger partial charge in [0.15, 0.2) is 0 Å². The smallest absolute Gasteiger partial charge is 0.307 e. The zero-order valence-electron chi connectivity index (χ0n) is 12.3. The van der Waals surface area contributed by atoms with Crippen LogP contribution in [0.4, 0.5) is 0 Å². The van der Waals surface area contributed by atoms with E-state index in [1.54, 1.807) is 0 Å². The molecule has 2 aliphatic carbocycles. The number of hydrogen-bond donors (Lipinski definition) is 1. The van der Waals surface area contributed by atoms with Crippen LogP contribution < -0.4 is 0 Å². The average molecular weight is 294 g/mol. The van der Waals surface area contributed by atoms with Gasteiger partial charge in [-0.2, -0.15) is 4.98 Å². The first kappa shape index (κ1) is 14.5. The summed E-state index contributed by atoms with van der Waals surface area (Å²) in [6.07, 6.45) is 5.64. The van der Waals surface area contributed by atoms with Gasteiger partial charge in [0, 0.05) is 6.61 Å². The Balaban J connectivity index is 1.78. The van der Waals surface area contributed by atoms with E-state index >= 15 is 0 Å². The van der Waals surface area contributed by atoms with E-state index in [1.165, 1.54) is 0 Å². The number of nitrogens with zero attached hydrogens (tertiary/aromatic N) is 2. The van der Waals surface area contributed by atoms with E-state index in [2.05, 4.69) is 10.1 Å². The van der Waals surface area contributed by atoms with Crippen molar-refractivity contribution >= 4 is 5.97 Å². The van der Waals surface area contributed by atoms with Gasteiger partial charge in [-0.25, -0.2) is 0 Å². The highest BCUT2D eigenvalue weighted by Gasteiger charge is 2.39. The monoisotopic (exact) mass is 294 g/mol. The summed E-state index contributed by atoms with van der Waals surface area (Å²) >= 11 is 0. The summed E-state index contributed by atoms with van der Waals surface area (Å²) in [6.45, 7) is 2.57. The fourth-order valence-electron chi connectivity index (χ4n) is 3.24. The van der Waals surface area contributed by atoms with Crippen molar-refractivity contribution in [1.82, 2.24) is 10.1 Å². The Labute approximate surface area is 123 Å². The molecule has 21 heavy (non-hydrogen) atoms. The Morgan fingerprint density at radius 2 is 2.14 bits per heavy atom. The molecular weight excluding hydrogens is 272 g/mol. The molecule has 6 nitrogen and oxygen atoms in total. The zero-order chi connectivity index (χ0) is 14.8. The van der Waals surface area contributed by atoms with Crippen LogP contribution in [0.15, 0.2) is 4.52 Å². The van der Waals surface area contributed by atoms with E-state index in [0.717, 1.165) is 32.1 Å². The lowest BCUT2D eigenvalue weighted by Gasteiger charge is -2.25. The van der Waals surface area contributed by atoms with Crippen molar-refractivity contribution in [3.63, 3.8) is 0 Å². The third-order valence-electron chi connectivity index (χ3n) is 4.51. The van der Waals surface area contributed by atoms with Gasteiger partial charge in [0.2, 0.25) is 11.7 Å². The summed E-state index contributed by atoms with van der Waals surface area (Å²) in [7, 11) is 0. The highest BCUT2D eigenvalue weighted by molar-refractivity contribution is 5.71. The van der Waals surface area contributed by atoms with Gasteiger partial charge in [-0.15, -0.1) is 0 Å². The van der Waals surface area contributed by atoms with E-state index in [1.807, 2.05) is 6.92 Å². The van der Waals surface area contributed by atoms with E-state index < -0.39 is 11.9 Å². The molecule has 0 spiro atoms. The number of carboxylic acids is 1. The lowest BCUT2D eigenvalue weighted by Crippen LogP contribution is -2.25. The molecule has 0 aromatic carbocycles. The highest BCUT2D eigenvalue weighted by Crippen LogP contribution is 2.43. The molecule has 0 radical (unpaired) electrons. The van der Waals surface area contributed by atoms with E-state index in [4.69, 9.17) is 9.26 Å². The number of rotatable bonds is 6. The molecule has 0 bridgehead atoms. The topological polar surface area (TPSA) is 85.5 Å². The molecule has 0 aliphatic heterocycles. The molecule has 1 aromatic rings. The molecule has 2 saturated carbocycles. The second-order valence-corrected chi connectivity index (χ2v) is 6.04. The summed E-state index contributed by atoms with van der Waals surface area (Å²) in [6, 6.07) is 0. The van der Waals surface area contributed by atoms with Crippen molar-refractivity contribution in [2.24, 2.45) is 11.8 Å². The van der Waals surface area contributed by atoms with Crippen molar-refractivity contribution in [3.8, 4) is 0 Å². The van der Waals surface area contributed by atoms with Gasteiger partial charge in [0.25, 0.3) is 0 Å². The molecule has 3 atom stereocenters. The molecule has 2 fully saturated rings. The molecule has 1 heterocycles. The van der Waals surface area contributed by atoms with E-state index in [0.29, 0.717) is 30.7 Å². The second-order valence-electron chi connectivity index (χ2n) is 6.04. The number of hydrogen-bond acceptors (Lipinski definition) is 5. The maximum absolute atomic E-state index is 11.4. The summed E-state index contributed by atoms with van der Waals surface area (Å²) in [5.41, 5.74) is 0. The molecule has 1 N–H and O–H groups in total. The Morgan fingerprint density at radius 1 is 1.38 bits per heavy atom. The molecule has 3 unspecified atom stereocenters. The first-order chi connectivity index (χ1) is 10.2. The molecule has 116 valence electrons. The number of ether oxygens (including phenoxy) is 1. The number of carboxylic acid groups (broad SMARTS) is 1. The van der Waals surface area contributed by atoms with Crippen molar-refractivity contribution in [2.45, 2.75) is 57.5 Å². The van der Waals surface area contributed by atoms with Crippen LogP contribution in [-0.2, 0) is 9.53 Å². The predicted octanol–water partition coefficient (Wildman–Crippen LogP) is 2.92. The quantitative estimate of drug-likeness (QED) is 0.868. The molecule has 2 aliphatic rings. The van der Waals surface area contributed by atoms with Crippen LogP contribution in [0.5, 0.6) is 0 Å². The van der Waals surface area contributed by atoms with Crippen LogP contribution in [0.2, 0.25) is 0 Å². The fourth-order valence-corrected chi connectivity index (χ4v) is 3.24. The van der Waals surface area contributed by atoms with Crippen molar-refractivity contribution < 1.29 is 19.2 Å². The lowest BCUT2D eigenvalue weighted by atomic mass is 9.79. The van der Waals surface area contributed by atoms with Crippen LogP contribution >= 0.6 is 0 Å². The van der Waals surface area contributed by atoms with Gasteiger partial charge in [0.1, 0.15) is 6.10 Å². The van der Waals surface area contributed by atoms with Crippen molar-refractivity contribution in [3.05, 3.63) is 11.7 Å². The lowest BCUT2D eigenvalue weighted by molar-refractivity contribution is -0.143. The summed E-state index contributed by atoms with van der Waals surface area (Å²) < 4.78 is 11.1. The minimum atomic E-state index is -0.761. The first-order valence-electron chi connectivity index (χ1n) is 7.88. The molecule has 0 saturated heterocycles. The van der Waals surface area contributed by atoms with Crippen LogP contribution in [-0.4, -0.2) is 27.8 Å². The summed E-state index contributed by atoms with van der Waals surface area (Å²) in [5, 5.41) is 13.4. The van der Waals surface area contributed by atoms with Gasteiger partial charge < -0.3 is 14.4 Å². The van der Waals surface area contributed by atoms with Crippen LogP contribution in [0.1, 0.15) is 69.2 Å². The summed E-state index contributed by atoms with van der Waals surface area (Å²) in [4.78, 5) is 15.9. The van der Waals surface area contributed by atoms with Crippen molar-refractivity contribution in [2.75, 3.05) is 6.61 Å². The van der Waals surface area contributed by atoms with Gasteiger partial charge in [-0.05, 0) is 38.5 Å². The number of aliphatic carboxylic acids is 1. The summed E-state index contributed by atoms with van der Waals surface area (Å²) in [5.74, 6) is 0.226. The number of carbonyl (C=O) groups is 1. The first-order valence-corrected chi connectivity index (χ1v) is 7.88. The number of aromatic nitrogens is 2. The Bertz CT molecular complexity index is 498. The van der Waals surface area contributed by atoms with Crippen LogP contribution in [0.3, 0.4) is 0 Å². The maximum Gasteiger partial charge on any atom is 0.307 e. The Kier molecular flexibility index (Phi) is 4.24. The van der Waals surface area contributed by atoms with E-state index in [-0.39, 0.29) is 12.0 Å². The SMILES string of the molecule is CCOC(c1noc(C2CCCCC2C(=O)O)n1)C1CC1. The standard InChI is InChI=1S/C15H22N2O4/c1-2-20-12(9-7-8-9)13-16-14(21-17-13)10-5-3-4-6-11(10)15(18)19/h9-12H,2-8H2,1H3,(H,18,19). The minimum Gasteiger partial charge on any atom is -0.481 e. The Hall–Kier alpha value is -1.43. The zero-order valence-corrected chi connectivity index (χ0v) is 12.3. The van der Waals surface area contributed by atoms with Crippen molar-refractivity contribution in [1.29, 1.82) is 0 Å². The maximum atomic E-state index is 11.4. The van der Waals surface area contributed by atoms with Gasteiger partial charge >= 0.3 is 5.97 Å². The molecular formula is C15H22N2O4. The predicted molar refractivity (Wildman–Crippen MR) is 73.7 cm³/mol. The third kappa shape index (κ3) is 3.10. The minimum absolute atomic E-state index is 0.0978. The largest absolute Gasteiger partial charge is 0.481 e.